The van der Waals surface area contributed by atoms with Crippen molar-refractivity contribution in [1.82, 2.24) is 4.31 Å². The van der Waals surface area contributed by atoms with Crippen molar-refractivity contribution < 1.29 is 17.9 Å². The Morgan fingerprint density at radius 3 is 2.44 bits per heavy atom. The summed E-state index contributed by atoms with van der Waals surface area (Å²) >= 11 is 0. The van der Waals surface area contributed by atoms with Crippen molar-refractivity contribution in [2.45, 2.75) is 37.6 Å². The Morgan fingerprint density at radius 2 is 1.78 bits per heavy atom. The number of aryl methyl sites for hydroxylation is 2. The predicted octanol–water partition coefficient (Wildman–Crippen LogP) is 3.10. The summed E-state index contributed by atoms with van der Waals surface area (Å²) in [5, 5.41) is 2.84. The highest BCUT2D eigenvalue weighted by molar-refractivity contribution is 7.89. The quantitative estimate of drug-likeness (QED) is 0.854. The minimum absolute atomic E-state index is 0.209. The molecule has 1 saturated heterocycles. The van der Waals surface area contributed by atoms with E-state index in [-0.39, 0.29) is 10.8 Å². The number of ether oxygens (including phenoxy) is 1. The zero-order valence-electron chi connectivity index (χ0n) is 15.7. The molecule has 3 rings (SSSR count). The zero-order valence-corrected chi connectivity index (χ0v) is 16.5. The Balaban J connectivity index is 1.85. The van der Waals surface area contributed by atoms with Gasteiger partial charge in [-0.15, -0.1) is 0 Å². The van der Waals surface area contributed by atoms with Crippen LogP contribution in [-0.2, 0) is 14.8 Å². The number of hydrogen-bond acceptors (Lipinski definition) is 4. The van der Waals surface area contributed by atoms with E-state index in [0.29, 0.717) is 30.8 Å². The summed E-state index contributed by atoms with van der Waals surface area (Å²) in [6.45, 7) is 4.15. The van der Waals surface area contributed by atoms with Gasteiger partial charge in [-0.05, 0) is 56.5 Å². The van der Waals surface area contributed by atoms with E-state index in [1.807, 2.05) is 26.0 Å². The lowest BCUT2D eigenvalue weighted by Crippen LogP contribution is -2.43. The molecule has 1 atom stereocenters. The molecule has 1 aliphatic heterocycles. The van der Waals surface area contributed by atoms with Crippen LogP contribution >= 0.6 is 0 Å². The number of anilines is 1. The molecule has 1 aliphatic rings. The normalized spacial score (nSPS) is 17.7. The van der Waals surface area contributed by atoms with Crippen LogP contribution < -0.4 is 10.1 Å². The predicted molar refractivity (Wildman–Crippen MR) is 104 cm³/mol. The Morgan fingerprint density at radius 1 is 1.11 bits per heavy atom. The van der Waals surface area contributed by atoms with E-state index >= 15 is 0 Å². The molecule has 27 heavy (non-hydrogen) atoms. The maximum atomic E-state index is 13.0. The van der Waals surface area contributed by atoms with Crippen LogP contribution in [0.15, 0.2) is 47.4 Å². The van der Waals surface area contributed by atoms with E-state index in [1.165, 1.54) is 11.4 Å². The van der Waals surface area contributed by atoms with Crippen LogP contribution in [0, 0.1) is 13.8 Å². The molecule has 1 N–H and O–H groups in total. The number of carbonyl (C=O) groups is 1. The van der Waals surface area contributed by atoms with Gasteiger partial charge >= 0.3 is 0 Å². The number of nitrogens with one attached hydrogen (secondary N) is 1. The molecule has 0 radical (unpaired) electrons. The fourth-order valence-corrected chi connectivity index (χ4v) is 4.93. The van der Waals surface area contributed by atoms with Crippen molar-refractivity contribution in [1.29, 1.82) is 0 Å². The number of hydrogen-bond donors (Lipinski definition) is 1. The number of amides is 1. The standard InChI is InChI=1S/C20H24N2O4S/c1-14-6-9-16(10-7-14)27(24,25)22-12-4-5-18(22)20(23)21-17-13-15(2)8-11-19(17)26-3/h6-11,13,18H,4-5,12H2,1-3H3,(H,21,23). The van der Waals surface area contributed by atoms with Crippen LogP contribution in [0.25, 0.3) is 0 Å². The SMILES string of the molecule is COc1ccc(C)cc1NC(=O)C1CCCN1S(=O)(=O)c1ccc(C)cc1. The lowest BCUT2D eigenvalue weighted by atomic mass is 10.1. The van der Waals surface area contributed by atoms with E-state index in [4.69, 9.17) is 4.74 Å². The van der Waals surface area contributed by atoms with E-state index in [1.54, 1.807) is 30.3 Å². The van der Waals surface area contributed by atoms with Gasteiger partial charge in [0.2, 0.25) is 15.9 Å². The number of carbonyl (C=O) groups excluding carboxylic acids is 1. The molecule has 0 saturated carbocycles. The molecule has 1 fully saturated rings. The van der Waals surface area contributed by atoms with Crippen molar-refractivity contribution in [2.24, 2.45) is 0 Å². The van der Waals surface area contributed by atoms with Gasteiger partial charge in [0.15, 0.2) is 0 Å². The molecule has 7 heteroatoms. The van der Waals surface area contributed by atoms with Gasteiger partial charge in [-0.2, -0.15) is 4.31 Å². The lowest BCUT2D eigenvalue weighted by Gasteiger charge is -2.24. The maximum absolute atomic E-state index is 13.0. The van der Waals surface area contributed by atoms with Gasteiger partial charge in [0, 0.05) is 6.54 Å². The molecule has 1 heterocycles. The Labute approximate surface area is 160 Å². The minimum atomic E-state index is -3.72. The van der Waals surface area contributed by atoms with Gasteiger partial charge in [0.1, 0.15) is 11.8 Å². The van der Waals surface area contributed by atoms with Crippen molar-refractivity contribution in [2.75, 3.05) is 19.0 Å². The first-order chi connectivity index (χ1) is 12.8. The smallest absolute Gasteiger partial charge is 0.243 e. The summed E-state index contributed by atoms with van der Waals surface area (Å²) in [5.41, 5.74) is 2.50. The first-order valence-electron chi connectivity index (χ1n) is 8.87. The molecule has 2 aromatic carbocycles. The molecule has 0 bridgehead atoms. The molecule has 0 aliphatic carbocycles. The first-order valence-corrected chi connectivity index (χ1v) is 10.3. The average molecular weight is 388 g/mol. The third kappa shape index (κ3) is 3.99. The number of methoxy groups -OCH3 is 1. The van der Waals surface area contributed by atoms with Gasteiger partial charge in [-0.25, -0.2) is 8.42 Å². The monoisotopic (exact) mass is 388 g/mol. The van der Waals surface area contributed by atoms with E-state index in [0.717, 1.165) is 11.1 Å². The van der Waals surface area contributed by atoms with E-state index < -0.39 is 16.1 Å². The molecule has 1 amide bonds. The number of rotatable bonds is 5. The van der Waals surface area contributed by atoms with Gasteiger partial charge in [-0.3, -0.25) is 4.79 Å². The zero-order chi connectivity index (χ0) is 19.6. The molecule has 0 spiro atoms. The molecule has 2 aromatic rings. The number of benzene rings is 2. The minimum Gasteiger partial charge on any atom is -0.495 e. The molecule has 6 nitrogen and oxygen atoms in total. The highest BCUT2D eigenvalue weighted by Gasteiger charge is 2.39. The first kappa shape index (κ1) is 19.4. The van der Waals surface area contributed by atoms with Gasteiger partial charge in [0.05, 0.1) is 17.7 Å². The lowest BCUT2D eigenvalue weighted by molar-refractivity contribution is -0.119. The Bertz CT molecular complexity index is 939. The highest BCUT2D eigenvalue weighted by atomic mass is 32.2. The summed E-state index contributed by atoms with van der Waals surface area (Å²) < 4.78 is 32.6. The van der Waals surface area contributed by atoms with Crippen molar-refractivity contribution in [3.8, 4) is 5.75 Å². The van der Waals surface area contributed by atoms with E-state index in [2.05, 4.69) is 5.32 Å². The van der Waals surface area contributed by atoms with Gasteiger partial charge in [-0.1, -0.05) is 23.8 Å². The van der Waals surface area contributed by atoms with Crippen LogP contribution in [0.5, 0.6) is 5.75 Å². The fourth-order valence-electron chi connectivity index (χ4n) is 3.27. The van der Waals surface area contributed by atoms with Crippen molar-refractivity contribution >= 4 is 21.6 Å². The highest BCUT2D eigenvalue weighted by Crippen LogP contribution is 2.29. The second-order valence-electron chi connectivity index (χ2n) is 6.78. The summed E-state index contributed by atoms with van der Waals surface area (Å²) in [6.07, 6.45) is 1.14. The summed E-state index contributed by atoms with van der Waals surface area (Å²) in [5.74, 6) is 0.201. The van der Waals surface area contributed by atoms with Crippen LogP contribution in [0.4, 0.5) is 5.69 Å². The molecular weight excluding hydrogens is 364 g/mol. The molecule has 0 aromatic heterocycles. The van der Waals surface area contributed by atoms with Crippen LogP contribution in [0.3, 0.4) is 0 Å². The molecule has 1 unspecified atom stereocenters. The summed E-state index contributed by atoms with van der Waals surface area (Å²) in [6, 6.07) is 11.4. The second-order valence-corrected chi connectivity index (χ2v) is 8.67. The van der Waals surface area contributed by atoms with Crippen LogP contribution in [0.1, 0.15) is 24.0 Å². The van der Waals surface area contributed by atoms with Crippen molar-refractivity contribution in [3.05, 3.63) is 53.6 Å². The Hall–Kier alpha value is -2.38. The molecular formula is C20H24N2O4S. The fraction of sp³-hybridized carbons (Fsp3) is 0.350. The average Bonchev–Trinajstić information content (AvgIpc) is 3.13. The maximum Gasteiger partial charge on any atom is 0.243 e. The second kappa shape index (κ2) is 7.70. The Kier molecular flexibility index (Phi) is 5.53. The van der Waals surface area contributed by atoms with Crippen LogP contribution in [-0.4, -0.2) is 38.3 Å². The third-order valence-corrected chi connectivity index (χ3v) is 6.67. The topological polar surface area (TPSA) is 75.7 Å². The van der Waals surface area contributed by atoms with Crippen molar-refractivity contribution in [3.63, 3.8) is 0 Å². The number of nitrogens with zero attached hydrogens (tertiary/aromatic N) is 1. The molecule has 144 valence electrons. The van der Waals surface area contributed by atoms with Gasteiger partial charge in [0.25, 0.3) is 0 Å². The largest absolute Gasteiger partial charge is 0.495 e. The summed E-state index contributed by atoms with van der Waals surface area (Å²) in [4.78, 5) is 13.1. The van der Waals surface area contributed by atoms with Gasteiger partial charge < -0.3 is 10.1 Å². The number of sulfonamides is 1. The van der Waals surface area contributed by atoms with Crippen LogP contribution in [0.2, 0.25) is 0 Å². The summed E-state index contributed by atoms with van der Waals surface area (Å²) in [7, 11) is -2.19. The van der Waals surface area contributed by atoms with E-state index in [9.17, 15) is 13.2 Å². The third-order valence-electron chi connectivity index (χ3n) is 4.75.